The summed E-state index contributed by atoms with van der Waals surface area (Å²) in [6, 6.07) is 1.75. The lowest BCUT2D eigenvalue weighted by atomic mass is 10.0. The Balaban J connectivity index is 2.05. The highest BCUT2D eigenvalue weighted by atomic mass is 16.6. The molecule has 3 heterocycles. The van der Waals surface area contributed by atoms with Crippen molar-refractivity contribution < 1.29 is 14.3 Å². The van der Waals surface area contributed by atoms with Crippen LogP contribution in [0, 0.1) is 0 Å². The van der Waals surface area contributed by atoms with Gasteiger partial charge < -0.3 is 4.74 Å². The third-order valence-electron chi connectivity index (χ3n) is 2.54. The lowest BCUT2D eigenvalue weighted by Gasteiger charge is -2.04. The Morgan fingerprint density at radius 1 is 1.44 bits per heavy atom. The molecule has 0 aliphatic carbocycles. The predicted octanol–water partition coefficient (Wildman–Crippen LogP) is 0.286. The van der Waals surface area contributed by atoms with Gasteiger partial charge in [0.15, 0.2) is 5.65 Å². The minimum Gasteiger partial charge on any atom is -0.393 e. The van der Waals surface area contributed by atoms with Gasteiger partial charge in [0.1, 0.15) is 0 Å². The number of fused-ring (bicyclic) bond motifs is 1. The normalized spacial score (nSPS) is 20.4. The van der Waals surface area contributed by atoms with Gasteiger partial charge in [-0.15, -0.1) is 0 Å². The second-order valence-corrected chi connectivity index (χ2v) is 3.57. The summed E-state index contributed by atoms with van der Waals surface area (Å²) >= 11 is 0. The van der Waals surface area contributed by atoms with E-state index in [1.807, 2.05) is 0 Å². The smallest absolute Gasteiger partial charge is 0.321 e. The summed E-state index contributed by atoms with van der Waals surface area (Å²) in [6.45, 7) is 0. The summed E-state index contributed by atoms with van der Waals surface area (Å²) in [5, 5.41) is 4.01. The van der Waals surface area contributed by atoms with Crippen LogP contribution in [0.4, 0.5) is 0 Å². The molecule has 2 aromatic rings. The molecule has 0 spiro atoms. The fourth-order valence-corrected chi connectivity index (χ4v) is 1.73. The van der Waals surface area contributed by atoms with Crippen LogP contribution in [0.25, 0.3) is 5.65 Å². The molecule has 0 aromatic carbocycles. The van der Waals surface area contributed by atoms with E-state index in [1.54, 1.807) is 29.2 Å². The molecule has 0 N–H and O–H groups in total. The summed E-state index contributed by atoms with van der Waals surface area (Å²) in [7, 11) is 0. The minimum atomic E-state index is -0.548. The number of hydrogen-bond donors (Lipinski definition) is 0. The first kappa shape index (κ1) is 9.02. The van der Waals surface area contributed by atoms with Crippen LogP contribution >= 0.6 is 0 Å². The number of nitrogens with zero attached hydrogens (tertiary/aromatic N) is 3. The Bertz CT molecular complexity index is 590. The van der Waals surface area contributed by atoms with Crippen LogP contribution in [0.2, 0.25) is 0 Å². The van der Waals surface area contributed by atoms with E-state index >= 15 is 0 Å². The maximum Gasteiger partial charge on any atom is 0.321 e. The average Bonchev–Trinajstić information content (AvgIpc) is 2.83. The first-order chi connectivity index (χ1) is 7.74. The van der Waals surface area contributed by atoms with Gasteiger partial charge in [-0.1, -0.05) is 0 Å². The van der Waals surface area contributed by atoms with Gasteiger partial charge in [0.05, 0.1) is 18.5 Å². The molecule has 1 unspecified atom stereocenters. The van der Waals surface area contributed by atoms with Crippen molar-refractivity contribution in [2.75, 3.05) is 0 Å². The maximum atomic E-state index is 11.4. The summed E-state index contributed by atoms with van der Waals surface area (Å²) < 4.78 is 6.05. The third-order valence-corrected chi connectivity index (χ3v) is 2.54. The number of ether oxygens (including phenoxy) is 1. The zero-order valence-corrected chi connectivity index (χ0v) is 8.16. The molecule has 1 aliphatic rings. The Morgan fingerprint density at radius 3 is 3.06 bits per heavy atom. The standard InChI is InChI=1S/C10H7N3O3/c14-9-3-7(10(15)16-9)6-4-11-8-1-2-12-13(8)5-6/h1-2,4-5,7H,3H2. The topological polar surface area (TPSA) is 73.6 Å². The fourth-order valence-electron chi connectivity index (χ4n) is 1.73. The van der Waals surface area contributed by atoms with Crippen molar-refractivity contribution in [3.63, 3.8) is 0 Å². The molecular formula is C10H7N3O3. The van der Waals surface area contributed by atoms with Gasteiger partial charge in [-0.25, -0.2) is 9.50 Å². The number of hydrogen-bond acceptors (Lipinski definition) is 5. The second kappa shape index (κ2) is 3.13. The highest BCUT2D eigenvalue weighted by molar-refractivity contribution is 5.97. The fraction of sp³-hybridized carbons (Fsp3) is 0.200. The number of carbonyl (C=O) groups excluding carboxylic acids is 2. The second-order valence-electron chi connectivity index (χ2n) is 3.57. The van der Waals surface area contributed by atoms with Crippen molar-refractivity contribution in [1.29, 1.82) is 0 Å². The number of aromatic nitrogens is 3. The molecule has 1 saturated heterocycles. The Morgan fingerprint density at radius 2 is 2.31 bits per heavy atom. The molecule has 0 saturated carbocycles. The van der Waals surface area contributed by atoms with Gasteiger partial charge in [0.2, 0.25) is 0 Å². The van der Waals surface area contributed by atoms with Crippen molar-refractivity contribution in [2.45, 2.75) is 12.3 Å². The van der Waals surface area contributed by atoms with E-state index in [9.17, 15) is 9.59 Å². The third kappa shape index (κ3) is 1.27. The predicted molar refractivity (Wildman–Crippen MR) is 51.4 cm³/mol. The van der Waals surface area contributed by atoms with E-state index in [2.05, 4.69) is 14.8 Å². The van der Waals surface area contributed by atoms with Crippen LogP contribution in [-0.4, -0.2) is 26.5 Å². The van der Waals surface area contributed by atoms with Gasteiger partial charge in [-0.05, 0) is 0 Å². The summed E-state index contributed by atoms with van der Waals surface area (Å²) in [6.07, 6.45) is 4.95. The van der Waals surface area contributed by atoms with Crippen LogP contribution in [0.1, 0.15) is 17.9 Å². The van der Waals surface area contributed by atoms with Crippen LogP contribution < -0.4 is 0 Å². The Kier molecular flexibility index (Phi) is 1.76. The molecular weight excluding hydrogens is 210 g/mol. The SMILES string of the molecule is O=C1CC(c2cnc3ccnn3c2)C(=O)O1. The molecule has 80 valence electrons. The number of esters is 2. The van der Waals surface area contributed by atoms with Crippen LogP contribution in [-0.2, 0) is 14.3 Å². The summed E-state index contributed by atoms with van der Waals surface area (Å²) in [5.41, 5.74) is 1.34. The van der Waals surface area contributed by atoms with Crippen LogP contribution in [0.3, 0.4) is 0 Å². The maximum absolute atomic E-state index is 11.4. The van der Waals surface area contributed by atoms with Gasteiger partial charge in [-0.3, -0.25) is 9.59 Å². The molecule has 1 fully saturated rings. The molecule has 16 heavy (non-hydrogen) atoms. The van der Waals surface area contributed by atoms with Crippen molar-refractivity contribution >= 4 is 17.6 Å². The highest BCUT2D eigenvalue weighted by Gasteiger charge is 2.35. The van der Waals surface area contributed by atoms with Gasteiger partial charge in [-0.2, -0.15) is 5.10 Å². The van der Waals surface area contributed by atoms with Crippen LogP contribution in [0.15, 0.2) is 24.7 Å². The van der Waals surface area contributed by atoms with Gasteiger partial charge >= 0.3 is 11.9 Å². The number of cyclic esters (lactones) is 2. The summed E-state index contributed by atoms with van der Waals surface area (Å²) in [5.74, 6) is -1.55. The lowest BCUT2D eigenvalue weighted by Crippen LogP contribution is -2.07. The number of carbonyl (C=O) groups is 2. The van der Waals surface area contributed by atoms with E-state index < -0.39 is 17.9 Å². The number of rotatable bonds is 1. The van der Waals surface area contributed by atoms with Gasteiger partial charge in [0.25, 0.3) is 0 Å². The molecule has 6 nitrogen and oxygen atoms in total. The quantitative estimate of drug-likeness (QED) is 0.507. The zero-order valence-electron chi connectivity index (χ0n) is 8.16. The molecule has 2 aromatic heterocycles. The largest absolute Gasteiger partial charge is 0.393 e. The van der Waals surface area contributed by atoms with E-state index in [1.165, 1.54) is 0 Å². The zero-order chi connectivity index (χ0) is 11.1. The highest BCUT2D eigenvalue weighted by Crippen LogP contribution is 2.26. The summed E-state index contributed by atoms with van der Waals surface area (Å²) in [4.78, 5) is 26.5. The molecule has 6 heteroatoms. The van der Waals surface area contributed by atoms with E-state index in [0.717, 1.165) is 0 Å². The molecule has 0 bridgehead atoms. The first-order valence-corrected chi connectivity index (χ1v) is 4.78. The molecule has 1 aliphatic heterocycles. The van der Waals surface area contributed by atoms with Crippen molar-refractivity contribution in [2.24, 2.45) is 0 Å². The minimum absolute atomic E-state index is 0.0767. The van der Waals surface area contributed by atoms with E-state index in [4.69, 9.17) is 0 Å². The van der Waals surface area contributed by atoms with E-state index in [-0.39, 0.29) is 6.42 Å². The van der Waals surface area contributed by atoms with E-state index in [0.29, 0.717) is 11.2 Å². The first-order valence-electron chi connectivity index (χ1n) is 4.78. The van der Waals surface area contributed by atoms with Crippen LogP contribution in [0.5, 0.6) is 0 Å². The van der Waals surface area contributed by atoms with Crippen molar-refractivity contribution in [1.82, 2.24) is 14.6 Å². The monoisotopic (exact) mass is 217 g/mol. The Labute approximate surface area is 89.8 Å². The molecule has 0 amide bonds. The van der Waals surface area contributed by atoms with Crippen molar-refractivity contribution in [3.8, 4) is 0 Å². The molecule has 0 radical (unpaired) electrons. The van der Waals surface area contributed by atoms with Crippen molar-refractivity contribution in [3.05, 3.63) is 30.2 Å². The van der Waals surface area contributed by atoms with Gasteiger partial charge in [0, 0.05) is 24.0 Å². The average molecular weight is 217 g/mol. The lowest BCUT2D eigenvalue weighted by molar-refractivity contribution is -0.152. The molecule has 3 rings (SSSR count). The molecule has 1 atom stereocenters. The Hall–Kier alpha value is -2.24.